The van der Waals surface area contributed by atoms with Crippen LogP contribution in [0.2, 0.25) is 5.02 Å². The van der Waals surface area contributed by atoms with E-state index >= 15 is 0 Å². The minimum Gasteiger partial charge on any atom is -0.327 e. The topological polar surface area (TPSA) is 26.0 Å². The molecule has 1 atom stereocenters. The Morgan fingerprint density at radius 2 is 2.25 bits per heavy atom. The maximum atomic E-state index is 6.09. The average molecular weight is 258 g/mol. The molecule has 0 radical (unpaired) electrons. The van der Waals surface area contributed by atoms with Gasteiger partial charge in [-0.2, -0.15) is 11.8 Å². The van der Waals surface area contributed by atoms with Crippen LogP contribution in [0.5, 0.6) is 0 Å². The summed E-state index contributed by atoms with van der Waals surface area (Å²) in [7, 11) is 0. The number of nitrogens with two attached hydrogens (primary N) is 1. The Kier molecular flexibility index (Phi) is 6.93. The molecule has 3 heteroatoms. The predicted molar refractivity (Wildman–Crippen MR) is 75.4 cm³/mol. The molecule has 1 rings (SSSR count). The summed E-state index contributed by atoms with van der Waals surface area (Å²) in [5, 5.41) is 0.797. The smallest absolute Gasteiger partial charge is 0.0408 e. The van der Waals surface area contributed by atoms with Gasteiger partial charge < -0.3 is 5.73 Å². The van der Waals surface area contributed by atoms with Crippen LogP contribution in [0.3, 0.4) is 0 Å². The van der Waals surface area contributed by atoms with E-state index in [4.69, 9.17) is 17.3 Å². The highest BCUT2D eigenvalue weighted by Crippen LogP contribution is 2.13. The van der Waals surface area contributed by atoms with Gasteiger partial charge >= 0.3 is 0 Å². The Morgan fingerprint density at radius 3 is 2.94 bits per heavy atom. The third-order valence-corrected chi connectivity index (χ3v) is 3.68. The first kappa shape index (κ1) is 13.9. The first-order valence-corrected chi connectivity index (χ1v) is 7.33. The van der Waals surface area contributed by atoms with Gasteiger partial charge in [0.15, 0.2) is 0 Å². The Morgan fingerprint density at radius 1 is 1.44 bits per heavy atom. The maximum absolute atomic E-state index is 6.09. The highest BCUT2D eigenvalue weighted by atomic mass is 35.5. The van der Waals surface area contributed by atoms with E-state index in [1.807, 2.05) is 30.0 Å². The summed E-state index contributed by atoms with van der Waals surface area (Å²) in [6.07, 6.45) is 3.23. The molecule has 0 saturated heterocycles. The normalized spacial score (nSPS) is 12.7. The largest absolute Gasteiger partial charge is 0.327 e. The van der Waals surface area contributed by atoms with Gasteiger partial charge in [0.1, 0.15) is 0 Å². The van der Waals surface area contributed by atoms with Gasteiger partial charge in [0.2, 0.25) is 0 Å². The number of hydrogen-bond acceptors (Lipinski definition) is 2. The lowest BCUT2D eigenvalue weighted by Crippen LogP contribution is -2.22. The van der Waals surface area contributed by atoms with Crippen molar-refractivity contribution < 1.29 is 0 Å². The fraction of sp³-hybridized carbons (Fsp3) is 0.538. The van der Waals surface area contributed by atoms with Crippen LogP contribution in [0.4, 0.5) is 0 Å². The standard InChI is InChI=1S/C13H20ClNS/c1-2-16-8-4-7-13(15)10-11-5-3-6-12(14)9-11/h3,5-6,9,13H,2,4,7-8,10,15H2,1H3. The number of halogens is 1. The van der Waals surface area contributed by atoms with Crippen LogP contribution in [-0.4, -0.2) is 17.5 Å². The second-order valence-electron chi connectivity index (χ2n) is 3.93. The lowest BCUT2D eigenvalue weighted by Gasteiger charge is -2.11. The molecule has 0 bridgehead atoms. The van der Waals surface area contributed by atoms with Crippen molar-refractivity contribution in [2.75, 3.05) is 11.5 Å². The predicted octanol–water partition coefficient (Wildman–Crippen LogP) is 3.74. The van der Waals surface area contributed by atoms with Crippen molar-refractivity contribution in [3.05, 3.63) is 34.9 Å². The van der Waals surface area contributed by atoms with Gasteiger partial charge in [0.25, 0.3) is 0 Å². The first-order valence-electron chi connectivity index (χ1n) is 5.80. The van der Waals surface area contributed by atoms with Gasteiger partial charge in [0.05, 0.1) is 0 Å². The fourth-order valence-electron chi connectivity index (χ4n) is 1.66. The maximum Gasteiger partial charge on any atom is 0.0408 e. The summed E-state index contributed by atoms with van der Waals surface area (Å²) in [4.78, 5) is 0. The molecule has 1 aromatic rings. The lowest BCUT2D eigenvalue weighted by molar-refractivity contribution is 0.603. The number of rotatable bonds is 7. The fourth-order valence-corrected chi connectivity index (χ4v) is 2.53. The third-order valence-electron chi connectivity index (χ3n) is 2.45. The second kappa shape index (κ2) is 7.99. The monoisotopic (exact) mass is 257 g/mol. The molecule has 1 aromatic carbocycles. The summed E-state index contributed by atoms with van der Waals surface area (Å²) in [5.74, 6) is 2.42. The summed E-state index contributed by atoms with van der Waals surface area (Å²) < 4.78 is 0. The van der Waals surface area contributed by atoms with E-state index in [1.165, 1.54) is 23.5 Å². The van der Waals surface area contributed by atoms with Gasteiger partial charge in [-0.3, -0.25) is 0 Å². The van der Waals surface area contributed by atoms with E-state index in [0.29, 0.717) is 0 Å². The minimum atomic E-state index is 0.260. The average Bonchev–Trinajstić information content (AvgIpc) is 2.24. The number of benzene rings is 1. The van der Waals surface area contributed by atoms with E-state index in [1.54, 1.807) is 0 Å². The van der Waals surface area contributed by atoms with Crippen LogP contribution >= 0.6 is 23.4 Å². The molecule has 0 aromatic heterocycles. The molecule has 0 aliphatic heterocycles. The highest BCUT2D eigenvalue weighted by molar-refractivity contribution is 7.99. The molecule has 0 aliphatic rings. The van der Waals surface area contributed by atoms with E-state index in [0.717, 1.165) is 17.9 Å². The molecule has 1 nitrogen and oxygen atoms in total. The summed E-state index contributed by atoms with van der Waals surface area (Å²) in [6.45, 7) is 2.19. The van der Waals surface area contributed by atoms with E-state index in [-0.39, 0.29) is 6.04 Å². The van der Waals surface area contributed by atoms with Gasteiger partial charge in [-0.15, -0.1) is 0 Å². The zero-order chi connectivity index (χ0) is 11.8. The first-order chi connectivity index (χ1) is 7.72. The van der Waals surface area contributed by atoms with Crippen molar-refractivity contribution >= 4 is 23.4 Å². The van der Waals surface area contributed by atoms with E-state index in [9.17, 15) is 0 Å². The Hall–Kier alpha value is -0.180. The van der Waals surface area contributed by atoms with Crippen molar-refractivity contribution in [1.29, 1.82) is 0 Å². The third kappa shape index (κ3) is 5.78. The van der Waals surface area contributed by atoms with Crippen LogP contribution < -0.4 is 5.73 Å². The minimum absolute atomic E-state index is 0.260. The molecule has 0 aliphatic carbocycles. The van der Waals surface area contributed by atoms with Gasteiger partial charge in [-0.25, -0.2) is 0 Å². The molecule has 2 N–H and O–H groups in total. The van der Waals surface area contributed by atoms with Crippen molar-refractivity contribution in [3.8, 4) is 0 Å². The zero-order valence-electron chi connectivity index (χ0n) is 9.79. The van der Waals surface area contributed by atoms with Crippen molar-refractivity contribution in [1.82, 2.24) is 0 Å². The molecule has 0 saturated carbocycles. The summed E-state index contributed by atoms with van der Waals surface area (Å²) in [5.41, 5.74) is 7.32. The van der Waals surface area contributed by atoms with Crippen LogP contribution in [-0.2, 0) is 6.42 Å². The van der Waals surface area contributed by atoms with Crippen LogP contribution in [0.15, 0.2) is 24.3 Å². The molecule has 0 spiro atoms. The number of hydrogen-bond donors (Lipinski definition) is 1. The van der Waals surface area contributed by atoms with Crippen LogP contribution in [0.1, 0.15) is 25.3 Å². The molecule has 1 unspecified atom stereocenters. The Balaban J connectivity index is 2.25. The summed E-state index contributed by atoms with van der Waals surface area (Å²) in [6, 6.07) is 8.23. The van der Waals surface area contributed by atoms with Gasteiger partial charge in [0, 0.05) is 11.1 Å². The molecular formula is C13H20ClNS. The Bertz CT molecular complexity index is 304. The molecule has 0 heterocycles. The van der Waals surface area contributed by atoms with Crippen LogP contribution in [0.25, 0.3) is 0 Å². The SMILES string of the molecule is CCSCCCC(N)Cc1cccc(Cl)c1. The van der Waals surface area contributed by atoms with Crippen molar-refractivity contribution in [3.63, 3.8) is 0 Å². The van der Waals surface area contributed by atoms with E-state index < -0.39 is 0 Å². The van der Waals surface area contributed by atoms with Crippen LogP contribution in [0, 0.1) is 0 Å². The Labute approximate surface area is 108 Å². The second-order valence-corrected chi connectivity index (χ2v) is 5.76. The zero-order valence-corrected chi connectivity index (χ0v) is 11.4. The molecule has 90 valence electrons. The lowest BCUT2D eigenvalue weighted by atomic mass is 10.0. The summed E-state index contributed by atoms with van der Waals surface area (Å²) >= 11 is 7.91. The van der Waals surface area contributed by atoms with E-state index in [2.05, 4.69) is 13.0 Å². The van der Waals surface area contributed by atoms with Gasteiger partial charge in [-0.1, -0.05) is 30.7 Å². The van der Waals surface area contributed by atoms with Crippen molar-refractivity contribution in [2.45, 2.75) is 32.2 Å². The molecular weight excluding hydrogens is 238 g/mol. The highest BCUT2D eigenvalue weighted by Gasteiger charge is 2.04. The molecule has 16 heavy (non-hydrogen) atoms. The molecule has 0 amide bonds. The molecule has 0 fully saturated rings. The number of thioether (sulfide) groups is 1. The van der Waals surface area contributed by atoms with Crippen molar-refractivity contribution in [2.24, 2.45) is 5.73 Å². The van der Waals surface area contributed by atoms with Gasteiger partial charge in [-0.05, 0) is 48.5 Å². The quantitative estimate of drug-likeness (QED) is 0.753.